The number of piperidine rings is 1. The molecule has 2 aromatic carbocycles. The van der Waals surface area contributed by atoms with Gasteiger partial charge in [0.15, 0.2) is 11.5 Å². The highest BCUT2D eigenvalue weighted by molar-refractivity contribution is 6.07. The molecule has 0 bridgehead atoms. The minimum atomic E-state index is -0.926. The first-order chi connectivity index (χ1) is 17.5. The second kappa shape index (κ2) is 7.81. The topological polar surface area (TPSA) is 65.7 Å². The number of halogens is 2. The molecule has 1 saturated heterocycles. The number of fused-ring (bicyclic) bond motifs is 3. The van der Waals surface area contributed by atoms with E-state index in [1.165, 1.54) is 22.9 Å². The fourth-order valence-corrected chi connectivity index (χ4v) is 5.38. The molecule has 1 aliphatic carbocycles. The van der Waals surface area contributed by atoms with Gasteiger partial charge in [0.1, 0.15) is 12.0 Å². The number of ether oxygens (including phenoxy) is 2. The van der Waals surface area contributed by atoms with Crippen LogP contribution < -0.4 is 15.0 Å². The summed E-state index contributed by atoms with van der Waals surface area (Å²) in [6.07, 6.45) is 5.09. The lowest BCUT2D eigenvalue weighted by Crippen LogP contribution is -2.39. The van der Waals surface area contributed by atoms with Gasteiger partial charge in [-0.3, -0.25) is 14.2 Å². The number of benzene rings is 2. The minimum absolute atomic E-state index is 0.0202. The van der Waals surface area contributed by atoms with Gasteiger partial charge in [-0.05, 0) is 56.0 Å². The maximum absolute atomic E-state index is 14.9. The first-order valence-corrected chi connectivity index (χ1v) is 12.2. The average Bonchev–Trinajstić information content (AvgIpc) is 3.46. The molecule has 36 heavy (non-hydrogen) atoms. The zero-order valence-corrected chi connectivity index (χ0v) is 19.4. The summed E-state index contributed by atoms with van der Waals surface area (Å²) in [5.41, 5.74) is 0.959. The average molecular weight is 491 g/mol. The molecule has 2 aromatic heterocycles. The van der Waals surface area contributed by atoms with Gasteiger partial charge in [0, 0.05) is 42.3 Å². The van der Waals surface area contributed by atoms with Crippen molar-refractivity contribution in [2.75, 3.05) is 19.9 Å². The van der Waals surface area contributed by atoms with Gasteiger partial charge < -0.3 is 18.9 Å². The molecule has 0 spiro atoms. The van der Waals surface area contributed by atoms with Gasteiger partial charge in [-0.2, -0.15) is 0 Å². The molecule has 0 atom stereocenters. The summed E-state index contributed by atoms with van der Waals surface area (Å²) in [6.45, 7) is 0.603. The van der Waals surface area contributed by atoms with E-state index in [2.05, 4.69) is 0 Å². The summed E-state index contributed by atoms with van der Waals surface area (Å²) in [6, 6.07) is 8.24. The quantitative estimate of drug-likeness (QED) is 0.416. The van der Waals surface area contributed by atoms with E-state index < -0.39 is 17.5 Å². The first kappa shape index (κ1) is 21.4. The number of nitrogens with zero attached hydrogens (tertiary/aromatic N) is 3. The summed E-state index contributed by atoms with van der Waals surface area (Å²) in [7, 11) is 0. The first-order valence-electron chi connectivity index (χ1n) is 12.2. The predicted octanol–water partition coefficient (Wildman–Crippen LogP) is 4.72. The standard InChI is InChI=1S/C27H23F2N3O4/c28-15-3-6-30(7-4-15)26(33)21-13-32(27(34)20-12-25-24(11-19(20)21)35-14-36-25)23-10-16(29)9-22-18(23)5-8-31(22)17-1-2-17/h5,8-13,15,17H,1-4,6-7,14H2. The highest BCUT2D eigenvalue weighted by Crippen LogP contribution is 2.40. The van der Waals surface area contributed by atoms with Gasteiger partial charge in [0.05, 0.1) is 22.2 Å². The van der Waals surface area contributed by atoms with Crippen molar-refractivity contribution in [1.29, 1.82) is 0 Å². The van der Waals surface area contributed by atoms with Crippen LogP contribution in [-0.4, -0.2) is 46.0 Å². The molecule has 4 aromatic rings. The molecule has 0 unspecified atom stereocenters. The van der Waals surface area contributed by atoms with E-state index >= 15 is 0 Å². The Labute approximate surface area is 204 Å². The van der Waals surface area contributed by atoms with E-state index in [1.54, 1.807) is 17.0 Å². The number of amides is 1. The van der Waals surface area contributed by atoms with Crippen LogP contribution in [0.2, 0.25) is 0 Å². The molecular formula is C27H23F2N3O4. The van der Waals surface area contributed by atoms with Crippen molar-refractivity contribution in [3.8, 4) is 17.2 Å². The third-order valence-corrected chi connectivity index (χ3v) is 7.43. The van der Waals surface area contributed by atoms with E-state index in [4.69, 9.17) is 9.47 Å². The van der Waals surface area contributed by atoms with Gasteiger partial charge in [-0.25, -0.2) is 8.78 Å². The fraction of sp³-hybridized carbons (Fsp3) is 0.333. The fourth-order valence-electron chi connectivity index (χ4n) is 5.38. The maximum atomic E-state index is 14.9. The third kappa shape index (κ3) is 3.29. The summed E-state index contributed by atoms with van der Waals surface area (Å²) in [5.74, 6) is 0.0977. The van der Waals surface area contributed by atoms with Crippen molar-refractivity contribution in [3.63, 3.8) is 0 Å². The monoisotopic (exact) mass is 491 g/mol. The number of carbonyl (C=O) groups excluding carboxylic acids is 1. The largest absolute Gasteiger partial charge is 0.454 e. The van der Waals surface area contributed by atoms with E-state index in [-0.39, 0.29) is 36.5 Å². The Bertz CT molecular complexity index is 1610. The second-order valence-corrected chi connectivity index (χ2v) is 9.75. The van der Waals surface area contributed by atoms with Crippen molar-refractivity contribution in [2.24, 2.45) is 0 Å². The van der Waals surface area contributed by atoms with Gasteiger partial charge in [-0.1, -0.05) is 0 Å². The normalized spacial score (nSPS) is 17.9. The molecule has 7 nitrogen and oxygen atoms in total. The number of aromatic nitrogens is 2. The number of rotatable bonds is 3. The van der Waals surface area contributed by atoms with Crippen LogP contribution in [0.1, 0.15) is 42.1 Å². The lowest BCUT2D eigenvalue weighted by molar-refractivity contribution is 0.0668. The van der Waals surface area contributed by atoms with Gasteiger partial charge in [0.2, 0.25) is 6.79 Å². The molecule has 1 amide bonds. The molecule has 9 heteroatoms. The Morgan fingerprint density at radius 2 is 1.67 bits per heavy atom. The Balaban J connectivity index is 1.47. The number of hydrogen-bond acceptors (Lipinski definition) is 4. The lowest BCUT2D eigenvalue weighted by Gasteiger charge is -2.29. The number of carbonyl (C=O) groups is 1. The van der Waals surface area contributed by atoms with Crippen molar-refractivity contribution < 1.29 is 23.0 Å². The predicted molar refractivity (Wildman–Crippen MR) is 129 cm³/mol. The SMILES string of the molecule is O=C(c1cn(-c2cc(F)cc3c2ccn3C2CC2)c(=O)c2cc3c(cc12)OCO3)N1CCC(F)CC1. The van der Waals surface area contributed by atoms with Gasteiger partial charge >= 0.3 is 0 Å². The summed E-state index contributed by atoms with van der Waals surface area (Å²) >= 11 is 0. The molecule has 1 saturated carbocycles. The molecule has 4 heterocycles. The number of likely N-dealkylation sites (tertiary alicyclic amines) is 1. The smallest absolute Gasteiger partial charge is 0.263 e. The highest BCUT2D eigenvalue weighted by Gasteiger charge is 2.29. The van der Waals surface area contributed by atoms with E-state index in [0.29, 0.717) is 47.2 Å². The molecular weight excluding hydrogens is 468 g/mol. The number of pyridine rings is 1. The minimum Gasteiger partial charge on any atom is -0.454 e. The Morgan fingerprint density at radius 3 is 2.39 bits per heavy atom. The molecule has 184 valence electrons. The highest BCUT2D eigenvalue weighted by atomic mass is 19.1. The second-order valence-electron chi connectivity index (χ2n) is 9.75. The summed E-state index contributed by atoms with van der Waals surface area (Å²) in [5, 5.41) is 1.42. The maximum Gasteiger partial charge on any atom is 0.263 e. The van der Waals surface area contributed by atoms with Crippen molar-refractivity contribution in [2.45, 2.75) is 37.9 Å². The van der Waals surface area contributed by atoms with Crippen LogP contribution in [-0.2, 0) is 0 Å². The van der Waals surface area contributed by atoms with Crippen LogP contribution in [0.3, 0.4) is 0 Å². The summed E-state index contributed by atoms with van der Waals surface area (Å²) < 4.78 is 43.0. The third-order valence-electron chi connectivity index (χ3n) is 7.43. The Morgan fingerprint density at radius 1 is 0.944 bits per heavy atom. The Hall–Kier alpha value is -3.88. The molecule has 0 radical (unpaired) electrons. The van der Waals surface area contributed by atoms with Crippen LogP contribution in [0.25, 0.3) is 27.4 Å². The van der Waals surface area contributed by atoms with E-state index in [0.717, 1.165) is 18.2 Å². The van der Waals surface area contributed by atoms with Crippen LogP contribution in [0.5, 0.6) is 11.5 Å². The van der Waals surface area contributed by atoms with Crippen LogP contribution in [0.4, 0.5) is 8.78 Å². The number of alkyl halides is 1. The Kier molecular flexibility index (Phi) is 4.64. The van der Waals surface area contributed by atoms with Crippen molar-refractivity contribution in [3.05, 3.63) is 64.5 Å². The molecule has 7 rings (SSSR count). The van der Waals surface area contributed by atoms with Crippen LogP contribution in [0.15, 0.2) is 47.5 Å². The van der Waals surface area contributed by atoms with Crippen LogP contribution >= 0.6 is 0 Å². The van der Waals surface area contributed by atoms with E-state index in [9.17, 15) is 18.4 Å². The zero-order valence-electron chi connectivity index (χ0n) is 19.4. The zero-order chi connectivity index (χ0) is 24.6. The summed E-state index contributed by atoms with van der Waals surface area (Å²) in [4.78, 5) is 29.1. The molecule has 0 N–H and O–H groups in total. The van der Waals surface area contributed by atoms with Crippen molar-refractivity contribution in [1.82, 2.24) is 14.0 Å². The lowest BCUT2D eigenvalue weighted by atomic mass is 10.0. The van der Waals surface area contributed by atoms with Crippen molar-refractivity contribution >= 4 is 27.6 Å². The van der Waals surface area contributed by atoms with Crippen LogP contribution in [0, 0.1) is 5.82 Å². The molecule has 2 fully saturated rings. The molecule has 3 aliphatic rings. The number of hydrogen-bond donors (Lipinski definition) is 0. The van der Waals surface area contributed by atoms with Gasteiger partial charge in [0.25, 0.3) is 11.5 Å². The van der Waals surface area contributed by atoms with Gasteiger partial charge in [-0.15, -0.1) is 0 Å². The van der Waals surface area contributed by atoms with E-state index in [1.807, 2.05) is 16.8 Å². The molecule has 2 aliphatic heterocycles.